The minimum absolute atomic E-state index is 0.0841. The van der Waals surface area contributed by atoms with E-state index in [4.69, 9.17) is 4.42 Å². The van der Waals surface area contributed by atoms with Gasteiger partial charge in [0.15, 0.2) is 17.5 Å². The van der Waals surface area contributed by atoms with Gasteiger partial charge in [-0.25, -0.2) is 4.39 Å². The maximum atomic E-state index is 12.9. The first-order valence-corrected chi connectivity index (χ1v) is 7.20. The van der Waals surface area contributed by atoms with E-state index in [2.05, 4.69) is 5.32 Å². The molecule has 0 unspecified atom stereocenters. The molecular formula is C17H14FNO4. The van der Waals surface area contributed by atoms with Crippen molar-refractivity contribution < 1.29 is 23.2 Å². The quantitative estimate of drug-likeness (QED) is 0.884. The molecule has 1 amide bonds. The summed E-state index contributed by atoms with van der Waals surface area (Å²) in [6.45, 7) is 0. The summed E-state index contributed by atoms with van der Waals surface area (Å²) in [5.41, 5.74) is 0.338. The summed E-state index contributed by atoms with van der Waals surface area (Å²) in [6, 6.07) is 8.52. The van der Waals surface area contributed by atoms with E-state index < -0.39 is 29.2 Å². The molecular weight excluding hydrogens is 301 g/mol. The number of hydrogen-bond acceptors (Lipinski definition) is 4. The fourth-order valence-electron chi connectivity index (χ4n) is 2.74. The number of halogens is 1. The lowest BCUT2D eigenvalue weighted by Gasteiger charge is -2.24. The largest absolute Gasteiger partial charge is 0.469 e. The van der Waals surface area contributed by atoms with Crippen LogP contribution in [-0.2, 0) is 14.4 Å². The molecule has 1 saturated carbocycles. The number of ketones is 2. The highest BCUT2D eigenvalue weighted by Gasteiger charge is 2.41. The molecule has 3 rings (SSSR count). The Labute approximate surface area is 131 Å². The Morgan fingerprint density at radius 2 is 1.74 bits per heavy atom. The molecule has 1 aromatic heterocycles. The van der Waals surface area contributed by atoms with Crippen molar-refractivity contribution in [2.45, 2.75) is 18.8 Å². The first-order chi connectivity index (χ1) is 11.0. The molecule has 0 bridgehead atoms. The molecule has 0 aliphatic heterocycles. The van der Waals surface area contributed by atoms with Crippen molar-refractivity contribution >= 4 is 23.2 Å². The zero-order chi connectivity index (χ0) is 16.4. The first kappa shape index (κ1) is 15.1. The van der Waals surface area contributed by atoms with E-state index in [0.717, 1.165) is 0 Å². The van der Waals surface area contributed by atoms with Crippen LogP contribution in [0.1, 0.15) is 24.5 Å². The molecule has 0 atom stereocenters. The maximum Gasteiger partial charge on any atom is 0.242 e. The second-order valence-corrected chi connectivity index (χ2v) is 5.48. The van der Waals surface area contributed by atoms with Gasteiger partial charge in [-0.3, -0.25) is 14.4 Å². The predicted molar refractivity (Wildman–Crippen MR) is 79.2 cm³/mol. The van der Waals surface area contributed by atoms with E-state index in [9.17, 15) is 18.8 Å². The first-order valence-electron chi connectivity index (χ1n) is 7.20. The maximum absolute atomic E-state index is 12.9. The minimum Gasteiger partial charge on any atom is -0.469 e. The Kier molecular flexibility index (Phi) is 4.06. The summed E-state index contributed by atoms with van der Waals surface area (Å²) in [6.07, 6.45) is 1.65. The minimum atomic E-state index is -1.31. The average molecular weight is 315 g/mol. The van der Waals surface area contributed by atoms with Gasteiger partial charge in [-0.2, -0.15) is 0 Å². The van der Waals surface area contributed by atoms with E-state index in [1.54, 1.807) is 12.1 Å². The van der Waals surface area contributed by atoms with Crippen molar-refractivity contribution in [3.05, 3.63) is 54.2 Å². The van der Waals surface area contributed by atoms with Crippen LogP contribution in [0.25, 0.3) is 0 Å². The smallest absolute Gasteiger partial charge is 0.242 e. The number of carbonyl (C=O) groups excluding carboxylic acids is 3. The summed E-state index contributed by atoms with van der Waals surface area (Å²) in [5, 5.41) is 2.48. The molecule has 1 aromatic carbocycles. The van der Waals surface area contributed by atoms with Crippen LogP contribution in [0.2, 0.25) is 0 Å². The standard InChI is InChI=1S/C17H14FNO4/c18-11-3-5-12(6-4-11)19-17(22)16-13(20)8-10(9-14(16)21)15-2-1-7-23-15/h1-7,10,16H,8-9H2,(H,19,22). The molecule has 5 nitrogen and oxygen atoms in total. The average Bonchev–Trinajstić information content (AvgIpc) is 3.03. The molecule has 118 valence electrons. The van der Waals surface area contributed by atoms with Gasteiger partial charge in [0.1, 0.15) is 11.6 Å². The second kappa shape index (κ2) is 6.16. The van der Waals surface area contributed by atoms with Crippen LogP contribution in [-0.4, -0.2) is 17.5 Å². The lowest BCUT2D eigenvalue weighted by Crippen LogP contribution is -2.40. The lowest BCUT2D eigenvalue weighted by molar-refractivity contribution is -0.141. The fraction of sp³-hybridized carbons (Fsp3) is 0.235. The molecule has 1 fully saturated rings. The van der Waals surface area contributed by atoms with Gasteiger partial charge in [0.05, 0.1) is 6.26 Å². The van der Waals surface area contributed by atoms with E-state index >= 15 is 0 Å². The zero-order valence-electron chi connectivity index (χ0n) is 12.1. The number of nitrogens with one attached hydrogen (secondary N) is 1. The van der Waals surface area contributed by atoms with E-state index in [1.165, 1.54) is 30.5 Å². The van der Waals surface area contributed by atoms with Crippen LogP contribution in [0.3, 0.4) is 0 Å². The van der Waals surface area contributed by atoms with Crippen molar-refractivity contribution in [3.8, 4) is 0 Å². The van der Waals surface area contributed by atoms with Crippen molar-refractivity contribution in [1.29, 1.82) is 0 Å². The molecule has 0 radical (unpaired) electrons. The van der Waals surface area contributed by atoms with Gasteiger partial charge >= 0.3 is 0 Å². The van der Waals surface area contributed by atoms with E-state index in [-0.39, 0.29) is 18.8 Å². The summed E-state index contributed by atoms with van der Waals surface area (Å²) >= 11 is 0. The number of furan rings is 1. The van der Waals surface area contributed by atoms with Gasteiger partial charge in [0.2, 0.25) is 5.91 Å². The number of amides is 1. The highest BCUT2D eigenvalue weighted by atomic mass is 19.1. The monoisotopic (exact) mass is 315 g/mol. The lowest BCUT2D eigenvalue weighted by atomic mass is 9.78. The van der Waals surface area contributed by atoms with Crippen LogP contribution in [0, 0.1) is 11.7 Å². The summed E-state index contributed by atoms with van der Waals surface area (Å²) in [4.78, 5) is 36.6. The number of Topliss-reactive ketones (excluding diaryl/α,β-unsaturated/α-hetero) is 2. The molecule has 2 aromatic rings. The number of rotatable bonds is 3. The Balaban J connectivity index is 1.70. The van der Waals surface area contributed by atoms with Gasteiger partial charge in [-0.15, -0.1) is 0 Å². The van der Waals surface area contributed by atoms with Gasteiger partial charge in [-0.1, -0.05) is 0 Å². The Hall–Kier alpha value is -2.76. The summed E-state index contributed by atoms with van der Waals surface area (Å²) in [7, 11) is 0. The number of benzene rings is 1. The van der Waals surface area contributed by atoms with Crippen LogP contribution < -0.4 is 5.32 Å². The molecule has 6 heteroatoms. The van der Waals surface area contributed by atoms with Crippen molar-refractivity contribution in [3.63, 3.8) is 0 Å². The molecule has 1 heterocycles. The highest BCUT2D eigenvalue weighted by Crippen LogP contribution is 2.32. The van der Waals surface area contributed by atoms with Crippen LogP contribution in [0.15, 0.2) is 47.1 Å². The van der Waals surface area contributed by atoms with Gasteiger partial charge in [-0.05, 0) is 36.4 Å². The fourth-order valence-corrected chi connectivity index (χ4v) is 2.74. The molecule has 23 heavy (non-hydrogen) atoms. The molecule has 1 aliphatic carbocycles. The normalized spacial score (nSPS) is 21.3. The highest BCUT2D eigenvalue weighted by molar-refractivity contribution is 6.23. The van der Waals surface area contributed by atoms with Crippen LogP contribution in [0.4, 0.5) is 10.1 Å². The third kappa shape index (κ3) is 3.21. The van der Waals surface area contributed by atoms with E-state index in [1.807, 2.05) is 0 Å². The topological polar surface area (TPSA) is 76.4 Å². The van der Waals surface area contributed by atoms with Crippen molar-refractivity contribution in [1.82, 2.24) is 0 Å². The van der Waals surface area contributed by atoms with Gasteiger partial charge < -0.3 is 9.73 Å². The molecule has 0 spiro atoms. The zero-order valence-corrected chi connectivity index (χ0v) is 12.1. The summed E-state index contributed by atoms with van der Waals surface area (Å²) < 4.78 is 18.1. The molecule has 1 N–H and O–H groups in total. The van der Waals surface area contributed by atoms with E-state index in [0.29, 0.717) is 11.4 Å². The van der Waals surface area contributed by atoms with Crippen LogP contribution in [0.5, 0.6) is 0 Å². The Bertz CT molecular complexity index is 718. The predicted octanol–water partition coefficient (Wildman–Crippen LogP) is 2.69. The Morgan fingerprint density at radius 3 is 2.30 bits per heavy atom. The van der Waals surface area contributed by atoms with Crippen molar-refractivity contribution in [2.75, 3.05) is 5.32 Å². The number of hydrogen-bond donors (Lipinski definition) is 1. The summed E-state index contributed by atoms with van der Waals surface area (Å²) in [5.74, 6) is -3.03. The molecule has 1 aliphatic rings. The third-order valence-electron chi connectivity index (χ3n) is 3.86. The molecule has 0 saturated heterocycles. The number of carbonyl (C=O) groups is 3. The van der Waals surface area contributed by atoms with Crippen LogP contribution >= 0.6 is 0 Å². The van der Waals surface area contributed by atoms with Gasteiger partial charge in [0, 0.05) is 24.4 Å². The third-order valence-corrected chi connectivity index (χ3v) is 3.86. The number of anilines is 1. The van der Waals surface area contributed by atoms with Gasteiger partial charge in [0.25, 0.3) is 0 Å². The van der Waals surface area contributed by atoms with Crippen molar-refractivity contribution in [2.24, 2.45) is 5.92 Å². The Morgan fingerprint density at radius 1 is 1.09 bits per heavy atom. The SMILES string of the molecule is O=C1CC(c2ccco2)CC(=O)C1C(=O)Nc1ccc(F)cc1. The second-order valence-electron chi connectivity index (χ2n) is 5.48.